The van der Waals surface area contributed by atoms with Crippen LogP contribution < -0.4 is 10.6 Å². The molecule has 5 nitrogen and oxygen atoms in total. The minimum atomic E-state index is -0.338. The second-order valence-corrected chi connectivity index (χ2v) is 5.52. The summed E-state index contributed by atoms with van der Waals surface area (Å²) in [5.41, 5.74) is 6.26. The van der Waals surface area contributed by atoms with Crippen LogP contribution in [-0.4, -0.2) is 34.3 Å². The van der Waals surface area contributed by atoms with Gasteiger partial charge in [-0.2, -0.15) is 4.98 Å². The first kappa shape index (κ1) is 12.6. The fraction of sp³-hybridized carbons (Fsp3) is 0.333. The number of anilines is 1. The van der Waals surface area contributed by atoms with Crippen molar-refractivity contribution in [2.75, 3.05) is 18.0 Å². The maximum atomic E-state index is 13.8. The Hall–Kier alpha value is -1.47. The molecule has 0 aliphatic carbocycles. The van der Waals surface area contributed by atoms with E-state index in [1.165, 1.54) is 6.07 Å². The molecule has 19 heavy (non-hydrogen) atoms. The van der Waals surface area contributed by atoms with Gasteiger partial charge in [0.25, 0.3) is 0 Å². The molecule has 100 valence electrons. The van der Waals surface area contributed by atoms with E-state index in [9.17, 15) is 4.39 Å². The van der Waals surface area contributed by atoms with Crippen LogP contribution in [-0.2, 0) is 0 Å². The number of aromatic amines is 1. The highest BCUT2D eigenvalue weighted by atomic mass is 79.9. The first-order chi connectivity index (χ1) is 9.13. The van der Waals surface area contributed by atoms with E-state index in [0.29, 0.717) is 21.8 Å². The third-order valence-electron chi connectivity index (χ3n) is 3.17. The van der Waals surface area contributed by atoms with Crippen LogP contribution in [0, 0.1) is 5.82 Å². The van der Waals surface area contributed by atoms with Crippen molar-refractivity contribution in [1.82, 2.24) is 15.2 Å². The molecule has 1 aromatic heterocycles. The van der Waals surface area contributed by atoms with Crippen LogP contribution in [0.2, 0.25) is 0 Å². The van der Waals surface area contributed by atoms with Gasteiger partial charge in [0.2, 0.25) is 5.95 Å². The van der Waals surface area contributed by atoms with Gasteiger partial charge in [-0.15, -0.1) is 5.10 Å². The van der Waals surface area contributed by atoms with Gasteiger partial charge < -0.3 is 10.6 Å². The predicted molar refractivity (Wildman–Crippen MR) is 74.3 cm³/mol. The zero-order valence-corrected chi connectivity index (χ0v) is 11.7. The van der Waals surface area contributed by atoms with Gasteiger partial charge in [-0.25, -0.2) is 4.39 Å². The SMILES string of the molecule is NC1CCN(c2n[nH]c(-c3ccc(Br)cc3F)n2)C1. The lowest BCUT2D eigenvalue weighted by Gasteiger charge is -2.11. The number of nitrogens with two attached hydrogens (primary N) is 1. The van der Waals surface area contributed by atoms with E-state index in [2.05, 4.69) is 31.1 Å². The number of hydrogen-bond donors (Lipinski definition) is 2. The number of rotatable bonds is 2. The molecule has 3 N–H and O–H groups in total. The van der Waals surface area contributed by atoms with Gasteiger partial charge in [0.15, 0.2) is 5.82 Å². The molecule has 0 bridgehead atoms. The Morgan fingerprint density at radius 2 is 2.32 bits per heavy atom. The second kappa shape index (κ2) is 4.90. The van der Waals surface area contributed by atoms with Crippen molar-refractivity contribution in [3.63, 3.8) is 0 Å². The molecule has 2 heterocycles. The summed E-state index contributed by atoms with van der Waals surface area (Å²) < 4.78 is 14.5. The molecule has 1 aromatic carbocycles. The number of hydrogen-bond acceptors (Lipinski definition) is 4. The number of H-pyrrole nitrogens is 1. The summed E-state index contributed by atoms with van der Waals surface area (Å²) in [4.78, 5) is 6.34. The lowest BCUT2D eigenvalue weighted by Crippen LogP contribution is -2.26. The monoisotopic (exact) mass is 325 g/mol. The molecular formula is C12H13BrFN5. The highest BCUT2D eigenvalue weighted by Gasteiger charge is 2.23. The summed E-state index contributed by atoms with van der Waals surface area (Å²) >= 11 is 3.23. The van der Waals surface area contributed by atoms with Crippen molar-refractivity contribution in [2.45, 2.75) is 12.5 Å². The van der Waals surface area contributed by atoms with Gasteiger partial charge in [0.1, 0.15) is 5.82 Å². The average Bonchev–Trinajstić information content (AvgIpc) is 2.97. The van der Waals surface area contributed by atoms with Crippen LogP contribution >= 0.6 is 15.9 Å². The summed E-state index contributed by atoms with van der Waals surface area (Å²) in [5.74, 6) is 0.668. The van der Waals surface area contributed by atoms with Gasteiger partial charge in [-0.1, -0.05) is 15.9 Å². The first-order valence-corrected chi connectivity index (χ1v) is 6.81. The molecule has 2 aromatic rings. The molecule has 1 fully saturated rings. The van der Waals surface area contributed by atoms with Crippen LogP contribution in [0.4, 0.5) is 10.3 Å². The largest absolute Gasteiger partial charge is 0.338 e. The summed E-state index contributed by atoms with van der Waals surface area (Å²) in [7, 11) is 0. The number of nitrogens with one attached hydrogen (secondary N) is 1. The van der Waals surface area contributed by atoms with Gasteiger partial charge in [0, 0.05) is 23.6 Å². The molecule has 0 radical (unpaired) electrons. The zero-order valence-electron chi connectivity index (χ0n) is 10.1. The molecule has 0 amide bonds. The van der Waals surface area contributed by atoms with Crippen LogP contribution in [0.15, 0.2) is 22.7 Å². The fourth-order valence-corrected chi connectivity index (χ4v) is 2.50. The Morgan fingerprint density at radius 1 is 1.47 bits per heavy atom. The Labute approximate surface area is 118 Å². The smallest absolute Gasteiger partial charge is 0.245 e. The Morgan fingerprint density at radius 3 is 3.00 bits per heavy atom. The molecule has 3 rings (SSSR count). The Bertz CT molecular complexity index is 600. The predicted octanol–water partition coefficient (Wildman–Crippen LogP) is 1.91. The van der Waals surface area contributed by atoms with Crippen LogP contribution in [0.1, 0.15) is 6.42 Å². The molecule has 7 heteroatoms. The zero-order chi connectivity index (χ0) is 13.4. The number of nitrogens with zero attached hydrogens (tertiary/aromatic N) is 3. The van der Waals surface area contributed by atoms with Crippen LogP contribution in [0.5, 0.6) is 0 Å². The van der Waals surface area contributed by atoms with E-state index in [0.717, 1.165) is 19.5 Å². The van der Waals surface area contributed by atoms with Crippen molar-refractivity contribution in [3.05, 3.63) is 28.5 Å². The summed E-state index contributed by atoms with van der Waals surface area (Å²) in [6.07, 6.45) is 0.927. The van der Waals surface area contributed by atoms with Crippen molar-refractivity contribution in [3.8, 4) is 11.4 Å². The molecule has 1 aliphatic heterocycles. The molecule has 1 aliphatic rings. The minimum absolute atomic E-state index is 0.159. The molecule has 0 spiro atoms. The second-order valence-electron chi connectivity index (χ2n) is 4.60. The normalized spacial score (nSPS) is 19.1. The van der Waals surface area contributed by atoms with Crippen molar-refractivity contribution in [2.24, 2.45) is 5.73 Å². The number of halogens is 2. The van der Waals surface area contributed by atoms with E-state index in [-0.39, 0.29) is 11.9 Å². The maximum Gasteiger partial charge on any atom is 0.245 e. The van der Waals surface area contributed by atoms with Crippen molar-refractivity contribution in [1.29, 1.82) is 0 Å². The van der Waals surface area contributed by atoms with Crippen LogP contribution in [0.25, 0.3) is 11.4 Å². The van der Waals surface area contributed by atoms with E-state index in [4.69, 9.17) is 5.73 Å². The van der Waals surface area contributed by atoms with Gasteiger partial charge in [0.05, 0.1) is 5.56 Å². The highest BCUT2D eigenvalue weighted by Crippen LogP contribution is 2.24. The Kier molecular flexibility index (Phi) is 3.24. The van der Waals surface area contributed by atoms with Crippen molar-refractivity contribution >= 4 is 21.9 Å². The van der Waals surface area contributed by atoms with E-state index < -0.39 is 0 Å². The number of benzene rings is 1. The van der Waals surface area contributed by atoms with Gasteiger partial charge >= 0.3 is 0 Å². The molecule has 1 saturated heterocycles. The summed E-state index contributed by atoms with van der Waals surface area (Å²) in [6, 6.07) is 5.00. The molecule has 1 atom stereocenters. The Balaban J connectivity index is 1.88. The van der Waals surface area contributed by atoms with E-state index >= 15 is 0 Å². The maximum absolute atomic E-state index is 13.8. The average molecular weight is 326 g/mol. The summed E-state index contributed by atoms with van der Waals surface area (Å²) in [5, 5.41) is 6.90. The van der Waals surface area contributed by atoms with Crippen LogP contribution in [0.3, 0.4) is 0 Å². The molecular weight excluding hydrogens is 313 g/mol. The standard InChI is InChI=1S/C12H13BrFN5/c13-7-1-2-9(10(14)5-7)11-16-12(18-17-11)19-4-3-8(15)6-19/h1-2,5,8H,3-4,6,15H2,(H,16,17,18). The third kappa shape index (κ3) is 2.48. The molecule has 0 saturated carbocycles. The highest BCUT2D eigenvalue weighted by molar-refractivity contribution is 9.10. The minimum Gasteiger partial charge on any atom is -0.338 e. The summed E-state index contributed by atoms with van der Waals surface area (Å²) in [6.45, 7) is 1.57. The van der Waals surface area contributed by atoms with Gasteiger partial charge in [-0.3, -0.25) is 5.10 Å². The quantitative estimate of drug-likeness (QED) is 0.884. The van der Waals surface area contributed by atoms with E-state index in [1.807, 2.05) is 4.90 Å². The molecule has 1 unspecified atom stereocenters. The third-order valence-corrected chi connectivity index (χ3v) is 3.66. The van der Waals surface area contributed by atoms with Gasteiger partial charge in [-0.05, 0) is 24.6 Å². The number of aromatic nitrogens is 3. The first-order valence-electron chi connectivity index (χ1n) is 6.02. The van der Waals surface area contributed by atoms with E-state index in [1.54, 1.807) is 12.1 Å². The lowest BCUT2D eigenvalue weighted by molar-refractivity contribution is 0.629. The topological polar surface area (TPSA) is 70.8 Å². The van der Waals surface area contributed by atoms with Crippen molar-refractivity contribution < 1.29 is 4.39 Å². The fourth-order valence-electron chi connectivity index (χ4n) is 2.17. The lowest BCUT2D eigenvalue weighted by atomic mass is 10.2.